The Bertz CT molecular complexity index is 982. The SMILES string of the molecule is Cc1ccccc1Cn1nc(C)c(NC(=O)c2ccc(OC(F)F)cc2)c1C. The van der Waals surface area contributed by atoms with Crippen LogP contribution >= 0.6 is 0 Å². The highest BCUT2D eigenvalue weighted by atomic mass is 19.3. The van der Waals surface area contributed by atoms with Crippen LogP contribution < -0.4 is 10.1 Å². The Balaban J connectivity index is 1.76. The molecule has 7 heteroatoms. The van der Waals surface area contributed by atoms with Crippen LogP contribution in [0, 0.1) is 20.8 Å². The van der Waals surface area contributed by atoms with E-state index >= 15 is 0 Å². The zero-order valence-corrected chi connectivity index (χ0v) is 15.9. The van der Waals surface area contributed by atoms with E-state index in [1.807, 2.05) is 49.7 Å². The van der Waals surface area contributed by atoms with Crippen LogP contribution in [-0.4, -0.2) is 22.3 Å². The minimum absolute atomic E-state index is 0.00459. The molecule has 2 aromatic carbocycles. The Hall–Kier alpha value is -3.22. The summed E-state index contributed by atoms with van der Waals surface area (Å²) in [7, 11) is 0. The average Bonchev–Trinajstić information content (AvgIpc) is 2.91. The predicted molar refractivity (Wildman–Crippen MR) is 103 cm³/mol. The van der Waals surface area contributed by atoms with E-state index in [4.69, 9.17) is 0 Å². The van der Waals surface area contributed by atoms with Gasteiger partial charge in [0.2, 0.25) is 0 Å². The first kappa shape index (κ1) is 19.5. The van der Waals surface area contributed by atoms with Gasteiger partial charge in [0.15, 0.2) is 0 Å². The number of hydrogen-bond acceptors (Lipinski definition) is 3. The standard InChI is InChI=1S/C21H21F2N3O2/c1-13-6-4-5-7-17(13)12-26-15(3)19(14(2)25-26)24-20(27)16-8-10-18(11-9-16)28-21(22)23/h4-11,21H,12H2,1-3H3,(H,24,27). The smallest absolute Gasteiger partial charge is 0.387 e. The Morgan fingerprint density at radius 1 is 1.11 bits per heavy atom. The molecule has 0 saturated heterocycles. The molecule has 1 aromatic heterocycles. The second kappa shape index (κ2) is 8.21. The third kappa shape index (κ3) is 4.36. The van der Waals surface area contributed by atoms with Crippen molar-refractivity contribution in [2.24, 2.45) is 0 Å². The second-order valence-electron chi connectivity index (χ2n) is 6.49. The first-order chi connectivity index (χ1) is 13.3. The molecule has 0 atom stereocenters. The lowest BCUT2D eigenvalue weighted by atomic mass is 10.1. The van der Waals surface area contributed by atoms with Crippen LogP contribution in [0.1, 0.15) is 32.9 Å². The summed E-state index contributed by atoms with van der Waals surface area (Å²) in [6.45, 7) is 3.48. The molecule has 0 aliphatic heterocycles. The molecular weight excluding hydrogens is 364 g/mol. The molecule has 1 heterocycles. The van der Waals surface area contributed by atoms with Crippen molar-refractivity contribution in [1.82, 2.24) is 9.78 Å². The summed E-state index contributed by atoms with van der Waals surface area (Å²) in [5, 5.41) is 7.40. The van der Waals surface area contributed by atoms with Gasteiger partial charge < -0.3 is 10.1 Å². The molecule has 0 aliphatic rings. The largest absolute Gasteiger partial charge is 0.435 e. The van der Waals surface area contributed by atoms with Gasteiger partial charge >= 0.3 is 6.61 Å². The summed E-state index contributed by atoms with van der Waals surface area (Å²) < 4.78 is 30.6. The summed E-state index contributed by atoms with van der Waals surface area (Å²) in [6.07, 6.45) is 0. The summed E-state index contributed by atoms with van der Waals surface area (Å²) in [5.41, 5.74) is 4.86. The summed E-state index contributed by atoms with van der Waals surface area (Å²) >= 11 is 0. The van der Waals surface area contributed by atoms with Crippen molar-refractivity contribution >= 4 is 11.6 Å². The number of carbonyl (C=O) groups is 1. The van der Waals surface area contributed by atoms with Gasteiger partial charge in [-0.15, -0.1) is 0 Å². The highest BCUT2D eigenvalue weighted by Crippen LogP contribution is 2.23. The van der Waals surface area contributed by atoms with Crippen molar-refractivity contribution in [3.8, 4) is 5.75 Å². The van der Waals surface area contributed by atoms with E-state index < -0.39 is 6.61 Å². The number of amides is 1. The Morgan fingerprint density at radius 2 is 1.79 bits per heavy atom. The predicted octanol–water partition coefficient (Wildman–Crippen LogP) is 4.71. The van der Waals surface area contributed by atoms with Crippen molar-refractivity contribution in [1.29, 1.82) is 0 Å². The molecule has 28 heavy (non-hydrogen) atoms. The van der Waals surface area contributed by atoms with Gasteiger partial charge in [0.05, 0.1) is 23.6 Å². The van der Waals surface area contributed by atoms with Crippen LogP contribution in [0.25, 0.3) is 0 Å². The number of hydrogen-bond donors (Lipinski definition) is 1. The molecule has 3 rings (SSSR count). The molecule has 5 nitrogen and oxygen atoms in total. The maximum Gasteiger partial charge on any atom is 0.387 e. The normalized spacial score (nSPS) is 10.9. The fourth-order valence-electron chi connectivity index (χ4n) is 2.95. The number of nitrogens with zero attached hydrogens (tertiary/aromatic N) is 2. The Kier molecular flexibility index (Phi) is 5.73. The molecule has 0 saturated carbocycles. The summed E-state index contributed by atoms with van der Waals surface area (Å²) in [4.78, 5) is 12.5. The minimum atomic E-state index is -2.90. The zero-order chi connectivity index (χ0) is 20.3. The van der Waals surface area contributed by atoms with E-state index in [1.54, 1.807) is 0 Å². The van der Waals surface area contributed by atoms with Crippen molar-refractivity contribution < 1.29 is 18.3 Å². The number of benzene rings is 2. The van der Waals surface area contributed by atoms with E-state index in [0.29, 0.717) is 23.5 Å². The van der Waals surface area contributed by atoms with Gasteiger partial charge in [0, 0.05) is 5.56 Å². The van der Waals surface area contributed by atoms with Crippen molar-refractivity contribution in [3.05, 3.63) is 76.6 Å². The van der Waals surface area contributed by atoms with Gasteiger partial charge in [-0.3, -0.25) is 9.48 Å². The molecule has 0 aliphatic carbocycles. The Labute approximate surface area is 161 Å². The molecule has 1 amide bonds. The number of carbonyl (C=O) groups excluding carboxylic acids is 1. The number of aromatic nitrogens is 2. The first-order valence-electron chi connectivity index (χ1n) is 8.80. The molecule has 1 N–H and O–H groups in total. The lowest BCUT2D eigenvalue weighted by molar-refractivity contribution is -0.0498. The topological polar surface area (TPSA) is 56.2 Å². The monoisotopic (exact) mass is 385 g/mol. The fraction of sp³-hybridized carbons (Fsp3) is 0.238. The van der Waals surface area contributed by atoms with Crippen molar-refractivity contribution in [2.75, 3.05) is 5.32 Å². The van der Waals surface area contributed by atoms with E-state index in [1.165, 1.54) is 29.8 Å². The molecule has 0 fully saturated rings. The third-order valence-corrected chi connectivity index (χ3v) is 4.54. The van der Waals surface area contributed by atoms with Gasteiger partial charge in [-0.1, -0.05) is 24.3 Å². The molecule has 0 unspecified atom stereocenters. The van der Waals surface area contributed by atoms with E-state index in [-0.39, 0.29) is 11.7 Å². The van der Waals surface area contributed by atoms with Crippen LogP contribution in [-0.2, 0) is 6.54 Å². The number of aryl methyl sites for hydroxylation is 2. The molecular formula is C21H21F2N3O2. The van der Waals surface area contributed by atoms with Crippen LogP contribution in [0.3, 0.4) is 0 Å². The summed E-state index contributed by atoms with van der Waals surface area (Å²) in [6, 6.07) is 13.6. The Morgan fingerprint density at radius 3 is 2.43 bits per heavy atom. The number of ether oxygens (including phenoxy) is 1. The molecule has 0 bridgehead atoms. The lowest BCUT2D eigenvalue weighted by Crippen LogP contribution is -2.13. The van der Waals surface area contributed by atoms with Gasteiger partial charge in [0.1, 0.15) is 5.75 Å². The van der Waals surface area contributed by atoms with E-state index in [9.17, 15) is 13.6 Å². The molecule has 146 valence electrons. The van der Waals surface area contributed by atoms with Crippen LogP contribution in [0.15, 0.2) is 48.5 Å². The highest BCUT2D eigenvalue weighted by Gasteiger charge is 2.16. The lowest BCUT2D eigenvalue weighted by Gasteiger charge is -2.09. The molecule has 0 radical (unpaired) electrons. The fourth-order valence-corrected chi connectivity index (χ4v) is 2.95. The van der Waals surface area contributed by atoms with Crippen molar-refractivity contribution in [3.63, 3.8) is 0 Å². The van der Waals surface area contributed by atoms with Gasteiger partial charge in [-0.05, 0) is 56.2 Å². The van der Waals surface area contributed by atoms with Crippen LogP contribution in [0.2, 0.25) is 0 Å². The third-order valence-electron chi connectivity index (χ3n) is 4.54. The highest BCUT2D eigenvalue weighted by molar-refractivity contribution is 6.04. The van der Waals surface area contributed by atoms with Crippen LogP contribution in [0.4, 0.5) is 14.5 Å². The summed E-state index contributed by atoms with van der Waals surface area (Å²) in [5.74, 6) is -0.338. The first-order valence-corrected chi connectivity index (χ1v) is 8.80. The van der Waals surface area contributed by atoms with Crippen molar-refractivity contribution in [2.45, 2.75) is 33.9 Å². The van der Waals surface area contributed by atoms with Gasteiger partial charge in [-0.2, -0.15) is 13.9 Å². The molecule has 3 aromatic rings. The number of nitrogens with one attached hydrogen (secondary N) is 1. The number of alkyl halides is 2. The van der Waals surface area contributed by atoms with E-state index in [0.717, 1.165) is 11.3 Å². The van der Waals surface area contributed by atoms with E-state index in [2.05, 4.69) is 15.2 Å². The number of anilines is 1. The van der Waals surface area contributed by atoms with Gasteiger partial charge in [0.25, 0.3) is 5.91 Å². The quantitative estimate of drug-likeness (QED) is 0.669. The number of rotatable bonds is 6. The molecule has 0 spiro atoms. The maximum absolute atomic E-state index is 12.5. The van der Waals surface area contributed by atoms with Gasteiger partial charge in [-0.25, -0.2) is 0 Å². The van der Waals surface area contributed by atoms with Crippen LogP contribution in [0.5, 0.6) is 5.75 Å². The average molecular weight is 385 g/mol. The maximum atomic E-state index is 12.5. The minimum Gasteiger partial charge on any atom is -0.435 e. The second-order valence-corrected chi connectivity index (χ2v) is 6.49. The zero-order valence-electron chi connectivity index (χ0n) is 15.9. The number of halogens is 2.